The molecule has 0 N–H and O–H groups in total. The van der Waals surface area contributed by atoms with E-state index in [0.717, 1.165) is 41.8 Å². The molecule has 0 amide bonds. The lowest BCUT2D eigenvalue weighted by Gasteiger charge is -2.42. The van der Waals surface area contributed by atoms with E-state index in [1.807, 2.05) is 42.7 Å². The maximum Gasteiger partial charge on any atom is 0.0995 e. The molecule has 1 fully saturated rings. The molecule has 1 aromatic carbocycles. The highest BCUT2D eigenvalue weighted by Gasteiger charge is 2.35. The zero-order chi connectivity index (χ0) is 20.2. The average molecular weight is 383 g/mol. The lowest BCUT2D eigenvalue weighted by Crippen LogP contribution is -2.37. The first-order valence-electron chi connectivity index (χ1n) is 10.3. The molecule has 146 valence electrons. The predicted molar refractivity (Wildman–Crippen MR) is 114 cm³/mol. The normalized spacial score (nSPS) is 19.6. The van der Waals surface area contributed by atoms with Gasteiger partial charge in [0.25, 0.3) is 0 Å². The van der Waals surface area contributed by atoms with Gasteiger partial charge in [-0.3, -0.25) is 14.9 Å². The Bertz CT molecular complexity index is 983. The summed E-state index contributed by atoms with van der Waals surface area (Å²) in [5.41, 5.74) is 6.52. The van der Waals surface area contributed by atoms with Gasteiger partial charge in [-0.25, -0.2) is 0 Å². The molecule has 2 aromatic heterocycles. The number of nitriles is 1. The molecule has 2 unspecified atom stereocenters. The topological polar surface area (TPSA) is 52.8 Å². The summed E-state index contributed by atoms with van der Waals surface area (Å²) in [4.78, 5) is 12.0. The highest BCUT2D eigenvalue weighted by Crippen LogP contribution is 2.43. The fourth-order valence-corrected chi connectivity index (χ4v) is 4.52. The third-order valence-electron chi connectivity index (χ3n) is 5.98. The van der Waals surface area contributed by atoms with Crippen LogP contribution >= 0.6 is 0 Å². The maximum absolute atomic E-state index is 9.61. The van der Waals surface area contributed by atoms with Crippen molar-refractivity contribution in [2.24, 2.45) is 0 Å². The summed E-state index contributed by atoms with van der Waals surface area (Å²) in [6.07, 6.45) is 7.04. The van der Waals surface area contributed by atoms with Crippen molar-refractivity contribution in [3.8, 4) is 6.07 Å². The molecular formula is C25H26N4. The van der Waals surface area contributed by atoms with E-state index in [4.69, 9.17) is 9.97 Å². The van der Waals surface area contributed by atoms with Crippen molar-refractivity contribution >= 4 is 0 Å². The molecule has 29 heavy (non-hydrogen) atoms. The second-order valence-corrected chi connectivity index (χ2v) is 7.81. The van der Waals surface area contributed by atoms with Gasteiger partial charge in [-0.1, -0.05) is 30.3 Å². The Morgan fingerprint density at radius 3 is 2.03 bits per heavy atom. The highest BCUT2D eigenvalue weighted by molar-refractivity contribution is 5.38. The SMILES string of the molecule is Cc1cccnc1C1CCCC(c2ncccc2C)N1Cc1ccccc1C#N. The molecule has 1 saturated heterocycles. The Labute approximate surface area is 172 Å². The molecule has 0 aliphatic carbocycles. The zero-order valence-corrected chi connectivity index (χ0v) is 17.0. The molecule has 0 radical (unpaired) electrons. The van der Waals surface area contributed by atoms with E-state index in [0.29, 0.717) is 6.54 Å². The second-order valence-electron chi connectivity index (χ2n) is 7.81. The first-order valence-corrected chi connectivity index (χ1v) is 10.3. The van der Waals surface area contributed by atoms with Crippen molar-refractivity contribution in [1.29, 1.82) is 5.26 Å². The number of aryl methyl sites for hydroxylation is 2. The third kappa shape index (κ3) is 3.92. The fraction of sp³-hybridized carbons (Fsp3) is 0.320. The molecule has 3 heterocycles. The van der Waals surface area contributed by atoms with Crippen LogP contribution in [0.4, 0.5) is 0 Å². The van der Waals surface area contributed by atoms with Crippen LogP contribution in [0.15, 0.2) is 60.9 Å². The van der Waals surface area contributed by atoms with Crippen molar-refractivity contribution in [2.45, 2.75) is 51.7 Å². The molecule has 1 aliphatic rings. The van der Waals surface area contributed by atoms with Gasteiger partial charge in [0, 0.05) is 18.9 Å². The molecular weight excluding hydrogens is 356 g/mol. The Balaban J connectivity index is 1.79. The molecule has 4 heteroatoms. The lowest BCUT2D eigenvalue weighted by molar-refractivity contribution is 0.0678. The van der Waals surface area contributed by atoms with Crippen LogP contribution in [0.3, 0.4) is 0 Å². The lowest BCUT2D eigenvalue weighted by atomic mass is 9.88. The number of likely N-dealkylation sites (tertiary alicyclic amines) is 1. The van der Waals surface area contributed by atoms with Crippen LogP contribution in [0.5, 0.6) is 0 Å². The van der Waals surface area contributed by atoms with Crippen molar-refractivity contribution in [3.05, 3.63) is 94.6 Å². The van der Waals surface area contributed by atoms with E-state index in [-0.39, 0.29) is 12.1 Å². The summed E-state index contributed by atoms with van der Waals surface area (Å²) in [6, 6.07) is 19.0. The Morgan fingerprint density at radius 1 is 0.897 bits per heavy atom. The van der Waals surface area contributed by atoms with Crippen LogP contribution in [-0.2, 0) is 6.54 Å². The number of hydrogen-bond donors (Lipinski definition) is 0. The molecule has 0 spiro atoms. The minimum atomic E-state index is 0.211. The number of aromatic nitrogens is 2. The Morgan fingerprint density at radius 2 is 1.48 bits per heavy atom. The van der Waals surface area contributed by atoms with Gasteiger partial charge in [-0.15, -0.1) is 0 Å². The zero-order valence-electron chi connectivity index (χ0n) is 17.0. The summed E-state index contributed by atoms with van der Waals surface area (Å²) < 4.78 is 0. The largest absolute Gasteiger partial charge is 0.282 e. The summed E-state index contributed by atoms with van der Waals surface area (Å²) >= 11 is 0. The van der Waals surface area contributed by atoms with Gasteiger partial charge < -0.3 is 0 Å². The van der Waals surface area contributed by atoms with Crippen LogP contribution in [0.25, 0.3) is 0 Å². The molecule has 0 bridgehead atoms. The summed E-state index contributed by atoms with van der Waals surface area (Å²) in [7, 11) is 0. The minimum absolute atomic E-state index is 0.211. The first kappa shape index (κ1) is 19.3. The summed E-state index contributed by atoms with van der Waals surface area (Å²) in [5, 5.41) is 9.61. The van der Waals surface area contributed by atoms with Crippen LogP contribution < -0.4 is 0 Å². The highest BCUT2D eigenvalue weighted by atomic mass is 15.2. The quantitative estimate of drug-likeness (QED) is 0.603. The van der Waals surface area contributed by atoms with Gasteiger partial charge in [-0.05, 0) is 68.0 Å². The molecule has 1 aliphatic heterocycles. The van der Waals surface area contributed by atoms with Crippen LogP contribution in [0.1, 0.15) is 65.0 Å². The smallest absolute Gasteiger partial charge is 0.0995 e. The van der Waals surface area contributed by atoms with Crippen molar-refractivity contribution in [1.82, 2.24) is 14.9 Å². The molecule has 4 rings (SSSR count). The van der Waals surface area contributed by atoms with E-state index < -0.39 is 0 Å². The number of rotatable bonds is 4. The summed E-state index contributed by atoms with van der Waals surface area (Å²) in [5.74, 6) is 0. The average Bonchev–Trinajstić information content (AvgIpc) is 2.75. The van der Waals surface area contributed by atoms with Crippen molar-refractivity contribution in [3.63, 3.8) is 0 Å². The van der Waals surface area contributed by atoms with Crippen LogP contribution in [0, 0.1) is 25.2 Å². The van der Waals surface area contributed by atoms with E-state index in [9.17, 15) is 5.26 Å². The third-order valence-corrected chi connectivity index (χ3v) is 5.98. The van der Waals surface area contributed by atoms with E-state index in [1.54, 1.807) is 0 Å². The molecule has 2 atom stereocenters. The van der Waals surface area contributed by atoms with E-state index in [1.165, 1.54) is 11.1 Å². The van der Waals surface area contributed by atoms with Crippen molar-refractivity contribution in [2.75, 3.05) is 0 Å². The van der Waals surface area contributed by atoms with Gasteiger partial charge in [0.05, 0.1) is 35.1 Å². The number of pyridine rings is 2. The Kier molecular flexibility index (Phi) is 5.69. The first-order chi connectivity index (χ1) is 14.2. The van der Waals surface area contributed by atoms with Gasteiger partial charge in [0.1, 0.15) is 0 Å². The fourth-order valence-electron chi connectivity index (χ4n) is 4.52. The standard InChI is InChI=1S/C25H26N4/c1-18-8-6-14-27-24(18)22-12-5-13-23(25-19(2)9-7-15-28-25)29(22)17-21-11-4-3-10-20(21)16-26/h3-4,6-11,14-15,22-23H,5,12-13,17H2,1-2H3. The molecule has 0 saturated carbocycles. The van der Waals surface area contributed by atoms with E-state index >= 15 is 0 Å². The van der Waals surface area contributed by atoms with Gasteiger partial charge in [-0.2, -0.15) is 5.26 Å². The number of hydrogen-bond acceptors (Lipinski definition) is 4. The minimum Gasteiger partial charge on any atom is -0.282 e. The van der Waals surface area contributed by atoms with E-state index in [2.05, 4.69) is 43.0 Å². The van der Waals surface area contributed by atoms with Gasteiger partial charge >= 0.3 is 0 Å². The van der Waals surface area contributed by atoms with Gasteiger partial charge in [0.15, 0.2) is 0 Å². The molecule has 4 nitrogen and oxygen atoms in total. The van der Waals surface area contributed by atoms with Gasteiger partial charge in [0.2, 0.25) is 0 Å². The number of benzene rings is 1. The van der Waals surface area contributed by atoms with Crippen LogP contribution in [0.2, 0.25) is 0 Å². The monoisotopic (exact) mass is 382 g/mol. The van der Waals surface area contributed by atoms with Crippen molar-refractivity contribution < 1.29 is 0 Å². The predicted octanol–water partition coefficient (Wildman–Crippen LogP) is 5.43. The van der Waals surface area contributed by atoms with Crippen LogP contribution in [-0.4, -0.2) is 14.9 Å². The maximum atomic E-state index is 9.61. The number of nitrogens with zero attached hydrogens (tertiary/aromatic N) is 4. The summed E-state index contributed by atoms with van der Waals surface area (Å²) in [6.45, 7) is 4.99. The second kappa shape index (κ2) is 8.55. The Hall–Kier alpha value is -3.03. The number of piperidine rings is 1. The molecule has 3 aromatic rings.